The molecule has 0 aromatic rings. The van der Waals surface area contributed by atoms with Crippen LogP contribution in [0.2, 0.25) is 0 Å². The van der Waals surface area contributed by atoms with Gasteiger partial charge in [0.05, 0.1) is 6.54 Å². The van der Waals surface area contributed by atoms with Gasteiger partial charge in [-0.25, -0.2) is 0 Å². The van der Waals surface area contributed by atoms with E-state index in [1.54, 1.807) is 0 Å². The van der Waals surface area contributed by atoms with Crippen LogP contribution in [-0.2, 0) is 4.79 Å². The molecule has 0 rings (SSSR count). The molecule has 2 unspecified atom stereocenters. The fraction of sp³-hybridized carbons (Fsp3) is 0.900. The van der Waals surface area contributed by atoms with Crippen LogP contribution in [0, 0.1) is 5.92 Å². The minimum absolute atomic E-state index is 0.0549. The summed E-state index contributed by atoms with van der Waals surface area (Å²) in [7, 11) is 0. The van der Waals surface area contributed by atoms with E-state index in [0.717, 1.165) is 6.42 Å². The summed E-state index contributed by atoms with van der Waals surface area (Å²) in [6, 6.07) is 0.250. The Bertz CT molecular complexity index is 173. The third-order valence-electron chi connectivity index (χ3n) is 2.41. The summed E-state index contributed by atoms with van der Waals surface area (Å²) in [5.74, 6) is -0.682. The van der Waals surface area contributed by atoms with E-state index < -0.39 is 5.97 Å². The Hall–Kier alpha value is -0.610. The molecule has 0 fully saturated rings. The topological polar surface area (TPSA) is 60.8 Å². The van der Waals surface area contributed by atoms with Crippen LogP contribution in [0.15, 0.2) is 0 Å². The number of aliphatic hydroxyl groups is 1. The van der Waals surface area contributed by atoms with Crippen molar-refractivity contribution < 1.29 is 15.0 Å². The van der Waals surface area contributed by atoms with Crippen molar-refractivity contribution in [3.05, 3.63) is 0 Å². The zero-order valence-corrected chi connectivity index (χ0v) is 9.23. The van der Waals surface area contributed by atoms with Crippen molar-refractivity contribution in [2.45, 2.75) is 33.2 Å². The third kappa shape index (κ3) is 5.19. The zero-order chi connectivity index (χ0) is 11.1. The van der Waals surface area contributed by atoms with Crippen molar-refractivity contribution >= 4 is 5.97 Å². The van der Waals surface area contributed by atoms with Gasteiger partial charge in [-0.15, -0.1) is 0 Å². The summed E-state index contributed by atoms with van der Waals surface area (Å²) in [6.45, 7) is 6.75. The number of aliphatic hydroxyl groups excluding tert-OH is 1. The lowest BCUT2D eigenvalue weighted by Crippen LogP contribution is -2.40. The van der Waals surface area contributed by atoms with E-state index in [9.17, 15) is 4.79 Å². The number of carboxylic acids is 1. The van der Waals surface area contributed by atoms with Gasteiger partial charge in [0.15, 0.2) is 0 Å². The van der Waals surface area contributed by atoms with E-state index >= 15 is 0 Å². The van der Waals surface area contributed by atoms with Gasteiger partial charge >= 0.3 is 5.97 Å². The molecule has 0 bridgehead atoms. The van der Waals surface area contributed by atoms with Crippen molar-refractivity contribution in [1.29, 1.82) is 0 Å². The lowest BCUT2D eigenvalue weighted by molar-refractivity contribution is -0.139. The van der Waals surface area contributed by atoms with E-state index in [-0.39, 0.29) is 25.1 Å². The summed E-state index contributed by atoms with van der Waals surface area (Å²) in [5, 5.41) is 17.6. The fourth-order valence-corrected chi connectivity index (χ4v) is 1.29. The second-order valence-electron chi connectivity index (χ2n) is 3.87. The maximum absolute atomic E-state index is 10.6. The summed E-state index contributed by atoms with van der Waals surface area (Å²) in [4.78, 5) is 12.5. The highest BCUT2D eigenvalue weighted by Crippen LogP contribution is 2.07. The van der Waals surface area contributed by atoms with Gasteiger partial charge in [0.25, 0.3) is 0 Å². The maximum atomic E-state index is 10.6. The molecule has 0 radical (unpaired) electrons. The molecule has 0 aromatic carbocycles. The van der Waals surface area contributed by atoms with Gasteiger partial charge in [0, 0.05) is 19.2 Å². The van der Waals surface area contributed by atoms with Crippen LogP contribution in [0.3, 0.4) is 0 Å². The van der Waals surface area contributed by atoms with Crippen LogP contribution in [-0.4, -0.2) is 46.8 Å². The summed E-state index contributed by atoms with van der Waals surface area (Å²) >= 11 is 0. The minimum Gasteiger partial charge on any atom is -0.480 e. The molecule has 0 aliphatic heterocycles. The van der Waals surface area contributed by atoms with Crippen LogP contribution in [0.1, 0.15) is 27.2 Å². The molecule has 84 valence electrons. The number of carboxylic acid groups (broad SMARTS) is 1. The number of nitrogens with zero attached hydrogens (tertiary/aromatic N) is 1. The molecule has 0 saturated carbocycles. The van der Waals surface area contributed by atoms with Gasteiger partial charge in [-0.1, -0.05) is 13.8 Å². The van der Waals surface area contributed by atoms with Crippen LogP contribution >= 0.6 is 0 Å². The molecule has 0 spiro atoms. The second kappa shape index (κ2) is 6.79. The Labute approximate surface area is 85.5 Å². The SMILES string of the molecule is CCC(C)N(CC(=O)O)CC(C)CO. The molecular weight excluding hydrogens is 182 g/mol. The summed E-state index contributed by atoms with van der Waals surface area (Å²) < 4.78 is 0. The molecular formula is C10H21NO3. The Morgan fingerprint density at radius 2 is 2.00 bits per heavy atom. The number of carbonyl (C=O) groups is 1. The van der Waals surface area contributed by atoms with Crippen LogP contribution in [0.25, 0.3) is 0 Å². The summed E-state index contributed by atoms with van der Waals surface area (Å²) in [5.41, 5.74) is 0. The Morgan fingerprint density at radius 1 is 1.43 bits per heavy atom. The second-order valence-corrected chi connectivity index (χ2v) is 3.87. The van der Waals surface area contributed by atoms with Gasteiger partial charge in [0.2, 0.25) is 0 Å². The van der Waals surface area contributed by atoms with Gasteiger partial charge in [-0.3, -0.25) is 9.69 Å². The molecule has 4 heteroatoms. The molecule has 0 heterocycles. The molecule has 0 aliphatic carbocycles. The predicted molar refractivity (Wildman–Crippen MR) is 55.2 cm³/mol. The lowest BCUT2D eigenvalue weighted by atomic mass is 10.1. The van der Waals surface area contributed by atoms with E-state index in [1.165, 1.54) is 0 Å². The molecule has 0 aromatic heterocycles. The van der Waals surface area contributed by atoms with E-state index in [4.69, 9.17) is 10.2 Å². The van der Waals surface area contributed by atoms with Crippen LogP contribution < -0.4 is 0 Å². The highest BCUT2D eigenvalue weighted by Gasteiger charge is 2.17. The summed E-state index contributed by atoms with van der Waals surface area (Å²) in [6.07, 6.45) is 0.922. The largest absolute Gasteiger partial charge is 0.480 e. The third-order valence-corrected chi connectivity index (χ3v) is 2.41. The first-order chi connectivity index (χ1) is 6.51. The van der Waals surface area contributed by atoms with E-state index in [0.29, 0.717) is 6.54 Å². The first-order valence-electron chi connectivity index (χ1n) is 5.07. The van der Waals surface area contributed by atoms with E-state index in [2.05, 4.69) is 0 Å². The normalized spacial score (nSPS) is 15.5. The number of hydrogen-bond donors (Lipinski definition) is 2. The van der Waals surface area contributed by atoms with Crippen LogP contribution in [0.5, 0.6) is 0 Å². The van der Waals surface area contributed by atoms with Gasteiger partial charge in [-0.05, 0) is 19.3 Å². The van der Waals surface area contributed by atoms with Crippen molar-refractivity contribution in [2.24, 2.45) is 5.92 Å². The maximum Gasteiger partial charge on any atom is 0.317 e. The van der Waals surface area contributed by atoms with Gasteiger partial charge in [0.1, 0.15) is 0 Å². The van der Waals surface area contributed by atoms with Crippen molar-refractivity contribution in [3.8, 4) is 0 Å². The number of aliphatic carboxylic acids is 1. The monoisotopic (exact) mass is 203 g/mol. The van der Waals surface area contributed by atoms with Gasteiger partial charge < -0.3 is 10.2 Å². The van der Waals surface area contributed by atoms with E-state index in [1.807, 2.05) is 25.7 Å². The number of hydrogen-bond acceptors (Lipinski definition) is 3. The molecule has 0 saturated heterocycles. The fourth-order valence-electron chi connectivity index (χ4n) is 1.29. The Kier molecular flexibility index (Phi) is 6.49. The van der Waals surface area contributed by atoms with Crippen molar-refractivity contribution in [2.75, 3.05) is 19.7 Å². The average Bonchev–Trinajstić information content (AvgIpc) is 2.14. The molecule has 0 aliphatic rings. The predicted octanol–water partition coefficient (Wildman–Crippen LogP) is 0.800. The van der Waals surface area contributed by atoms with Gasteiger partial charge in [-0.2, -0.15) is 0 Å². The molecule has 2 atom stereocenters. The minimum atomic E-state index is -0.810. The molecule has 2 N–H and O–H groups in total. The average molecular weight is 203 g/mol. The Morgan fingerprint density at radius 3 is 2.36 bits per heavy atom. The highest BCUT2D eigenvalue weighted by molar-refractivity contribution is 5.69. The number of rotatable bonds is 7. The molecule has 0 amide bonds. The quantitative estimate of drug-likeness (QED) is 0.642. The molecule has 4 nitrogen and oxygen atoms in total. The lowest BCUT2D eigenvalue weighted by Gasteiger charge is -2.28. The van der Waals surface area contributed by atoms with Crippen molar-refractivity contribution in [3.63, 3.8) is 0 Å². The first kappa shape index (κ1) is 13.4. The van der Waals surface area contributed by atoms with Crippen molar-refractivity contribution in [1.82, 2.24) is 4.90 Å². The zero-order valence-electron chi connectivity index (χ0n) is 9.23. The standard InChI is InChI=1S/C10H21NO3/c1-4-9(3)11(6-10(13)14)5-8(2)7-12/h8-9,12H,4-7H2,1-3H3,(H,13,14). The molecule has 14 heavy (non-hydrogen) atoms. The highest BCUT2D eigenvalue weighted by atomic mass is 16.4. The Balaban J connectivity index is 4.16. The first-order valence-corrected chi connectivity index (χ1v) is 5.07. The smallest absolute Gasteiger partial charge is 0.317 e. The van der Waals surface area contributed by atoms with Crippen LogP contribution in [0.4, 0.5) is 0 Å².